The molecule has 2 heterocycles. The number of aryl methyl sites for hydroxylation is 2. The average molecular weight is 336 g/mol. The Hall–Kier alpha value is -3.09. The Labute approximate surface area is 146 Å². The zero-order chi connectivity index (χ0) is 17.8. The number of likely N-dealkylation sites (N-methyl/N-ethyl adjacent to an activating group) is 1. The summed E-state index contributed by atoms with van der Waals surface area (Å²) in [5.41, 5.74) is 2.80. The Morgan fingerprint density at radius 3 is 2.60 bits per heavy atom. The second kappa shape index (κ2) is 7.21. The second-order valence-corrected chi connectivity index (χ2v) is 5.98. The van der Waals surface area contributed by atoms with Crippen LogP contribution in [0.25, 0.3) is 0 Å². The van der Waals surface area contributed by atoms with Crippen molar-refractivity contribution in [3.05, 3.63) is 71.3 Å². The number of benzene rings is 1. The van der Waals surface area contributed by atoms with Gasteiger partial charge in [0.1, 0.15) is 5.82 Å². The van der Waals surface area contributed by atoms with Crippen LogP contribution < -0.4 is 0 Å². The molecule has 25 heavy (non-hydrogen) atoms. The number of carbonyl (C=O) groups is 1. The lowest BCUT2D eigenvalue weighted by Crippen LogP contribution is -2.35. The minimum Gasteiger partial charge on any atom is -0.339 e. The molecule has 3 rings (SSSR count). The third-order valence-electron chi connectivity index (χ3n) is 4.01. The van der Waals surface area contributed by atoms with E-state index >= 15 is 0 Å². The first-order chi connectivity index (χ1) is 12.1. The van der Waals surface area contributed by atoms with Crippen molar-refractivity contribution in [3.8, 4) is 0 Å². The lowest BCUT2D eigenvalue weighted by Gasteiger charge is -2.24. The molecule has 0 aliphatic heterocycles. The molecule has 1 amide bonds. The predicted molar refractivity (Wildman–Crippen MR) is 92.6 cm³/mol. The van der Waals surface area contributed by atoms with E-state index in [2.05, 4.69) is 20.5 Å². The van der Waals surface area contributed by atoms with Gasteiger partial charge in [0.2, 0.25) is 0 Å². The number of nitrogens with zero attached hydrogens (tertiary/aromatic N) is 6. The van der Waals surface area contributed by atoms with Crippen molar-refractivity contribution >= 4 is 5.91 Å². The van der Waals surface area contributed by atoms with Crippen molar-refractivity contribution in [2.45, 2.75) is 26.4 Å². The number of hydrogen-bond donors (Lipinski definition) is 0. The molecule has 1 atom stereocenters. The number of amides is 1. The topological polar surface area (TPSA) is 76.8 Å². The van der Waals surface area contributed by atoms with Gasteiger partial charge in [-0.2, -0.15) is 0 Å². The highest BCUT2D eigenvalue weighted by atomic mass is 16.2. The van der Waals surface area contributed by atoms with Crippen molar-refractivity contribution in [3.63, 3.8) is 0 Å². The highest BCUT2D eigenvalue weighted by Gasteiger charge is 2.28. The van der Waals surface area contributed by atoms with Gasteiger partial charge in [0.15, 0.2) is 6.04 Å². The Balaban J connectivity index is 1.90. The first-order valence-corrected chi connectivity index (χ1v) is 8.02. The van der Waals surface area contributed by atoms with Gasteiger partial charge in [0.05, 0.1) is 0 Å². The molecule has 0 saturated heterocycles. The number of aromatic nitrogens is 5. The summed E-state index contributed by atoms with van der Waals surface area (Å²) < 4.78 is 1.56. The average Bonchev–Trinajstić information content (AvgIpc) is 3.02. The van der Waals surface area contributed by atoms with Crippen LogP contribution in [-0.2, 0) is 11.3 Å². The van der Waals surface area contributed by atoms with Crippen molar-refractivity contribution < 1.29 is 4.79 Å². The van der Waals surface area contributed by atoms with E-state index in [1.807, 2.05) is 49.4 Å². The third kappa shape index (κ3) is 3.71. The molecule has 0 spiro atoms. The Kier molecular flexibility index (Phi) is 4.83. The van der Waals surface area contributed by atoms with Gasteiger partial charge in [-0.15, -0.1) is 5.10 Å². The lowest BCUT2D eigenvalue weighted by atomic mass is 10.1. The molecule has 0 saturated carbocycles. The molecule has 0 radical (unpaired) electrons. The molecule has 0 aliphatic rings. The van der Waals surface area contributed by atoms with Crippen LogP contribution in [0.4, 0.5) is 0 Å². The molecule has 7 nitrogen and oxygen atoms in total. The molecule has 3 aromatic rings. The number of hydrogen-bond acceptors (Lipinski definition) is 5. The highest BCUT2D eigenvalue weighted by molar-refractivity contribution is 5.83. The number of tetrazole rings is 1. The Bertz CT molecular complexity index is 861. The standard InChI is InChI=1S/C18H20N6O/c1-13-11-15(9-10-19-13)12-23(3)18(25)17(16-7-5-4-6-8-16)24-14(2)20-21-22-24/h4-11,17H,12H2,1-3H3/t17-/m0/s1. The van der Waals surface area contributed by atoms with E-state index in [-0.39, 0.29) is 5.91 Å². The quantitative estimate of drug-likeness (QED) is 0.711. The molecular formula is C18H20N6O. The first-order valence-electron chi connectivity index (χ1n) is 8.02. The SMILES string of the molecule is Cc1cc(CN(C)C(=O)[C@H](c2ccccc2)n2nnnc2C)ccn1. The van der Waals surface area contributed by atoms with Crippen LogP contribution in [0.2, 0.25) is 0 Å². The molecular weight excluding hydrogens is 316 g/mol. The third-order valence-corrected chi connectivity index (χ3v) is 4.01. The van der Waals surface area contributed by atoms with E-state index in [0.717, 1.165) is 16.8 Å². The fourth-order valence-electron chi connectivity index (χ4n) is 2.76. The Morgan fingerprint density at radius 2 is 1.96 bits per heavy atom. The smallest absolute Gasteiger partial charge is 0.252 e. The van der Waals surface area contributed by atoms with Crippen LogP contribution in [0.5, 0.6) is 0 Å². The number of carbonyl (C=O) groups excluding carboxylic acids is 1. The molecule has 0 N–H and O–H groups in total. The summed E-state index contributed by atoms with van der Waals surface area (Å²) in [7, 11) is 1.79. The monoisotopic (exact) mass is 336 g/mol. The number of rotatable bonds is 5. The normalized spacial score (nSPS) is 12.0. The number of pyridine rings is 1. The molecule has 2 aromatic heterocycles. The largest absolute Gasteiger partial charge is 0.339 e. The van der Waals surface area contributed by atoms with E-state index in [1.165, 1.54) is 0 Å². The van der Waals surface area contributed by atoms with Gasteiger partial charge < -0.3 is 4.90 Å². The van der Waals surface area contributed by atoms with Gasteiger partial charge in [0, 0.05) is 25.5 Å². The van der Waals surface area contributed by atoms with E-state index in [1.54, 1.807) is 29.7 Å². The molecule has 0 fully saturated rings. The first kappa shape index (κ1) is 16.8. The van der Waals surface area contributed by atoms with Gasteiger partial charge in [-0.1, -0.05) is 30.3 Å². The molecule has 1 aromatic carbocycles. The van der Waals surface area contributed by atoms with Crippen LogP contribution in [0.1, 0.15) is 28.7 Å². The van der Waals surface area contributed by atoms with Crippen LogP contribution in [-0.4, -0.2) is 43.0 Å². The van der Waals surface area contributed by atoms with Crippen molar-refractivity contribution in [1.29, 1.82) is 0 Å². The summed E-state index contributed by atoms with van der Waals surface area (Å²) in [5, 5.41) is 11.6. The van der Waals surface area contributed by atoms with Gasteiger partial charge >= 0.3 is 0 Å². The van der Waals surface area contributed by atoms with E-state index < -0.39 is 6.04 Å². The molecule has 128 valence electrons. The fraction of sp³-hybridized carbons (Fsp3) is 0.278. The van der Waals surface area contributed by atoms with E-state index in [0.29, 0.717) is 12.4 Å². The summed E-state index contributed by atoms with van der Waals surface area (Å²) in [6.07, 6.45) is 1.75. The maximum Gasteiger partial charge on any atom is 0.252 e. The molecule has 7 heteroatoms. The fourth-order valence-corrected chi connectivity index (χ4v) is 2.76. The molecule has 0 aliphatic carbocycles. The van der Waals surface area contributed by atoms with Crippen LogP contribution in [0.3, 0.4) is 0 Å². The van der Waals surface area contributed by atoms with Crippen molar-refractivity contribution in [2.75, 3.05) is 7.05 Å². The Morgan fingerprint density at radius 1 is 1.20 bits per heavy atom. The summed E-state index contributed by atoms with van der Waals surface area (Å²) >= 11 is 0. The zero-order valence-corrected chi connectivity index (χ0v) is 14.5. The van der Waals surface area contributed by atoms with Gasteiger partial charge in [-0.3, -0.25) is 9.78 Å². The van der Waals surface area contributed by atoms with Crippen LogP contribution in [0, 0.1) is 13.8 Å². The second-order valence-electron chi connectivity index (χ2n) is 5.98. The molecule has 0 bridgehead atoms. The van der Waals surface area contributed by atoms with Gasteiger partial charge in [-0.05, 0) is 47.5 Å². The predicted octanol–water partition coefficient (Wildman–Crippen LogP) is 1.93. The van der Waals surface area contributed by atoms with Gasteiger partial charge in [-0.25, -0.2) is 4.68 Å². The summed E-state index contributed by atoms with van der Waals surface area (Å²) in [5.74, 6) is 0.520. The summed E-state index contributed by atoms with van der Waals surface area (Å²) in [6, 6.07) is 12.8. The maximum absolute atomic E-state index is 13.2. The minimum atomic E-state index is -0.593. The lowest BCUT2D eigenvalue weighted by molar-refractivity contribution is -0.133. The van der Waals surface area contributed by atoms with Crippen molar-refractivity contribution in [1.82, 2.24) is 30.1 Å². The van der Waals surface area contributed by atoms with Crippen LogP contribution >= 0.6 is 0 Å². The maximum atomic E-state index is 13.2. The van der Waals surface area contributed by atoms with Gasteiger partial charge in [0.25, 0.3) is 5.91 Å². The van der Waals surface area contributed by atoms with Crippen LogP contribution in [0.15, 0.2) is 48.7 Å². The molecule has 0 unspecified atom stereocenters. The summed E-state index contributed by atoms with van der Waals surface area (Å²) in [6.45, 7) is 4.21. The van der Waals surface area contributed by atoms with Crippen molar-refractivity contribution in [2.24, 2.45) is 0 Å². The highest BCUT2D eigenvalue weighted by Crippen LogP contribution is 2.21. The summed E-state index contributed by atoms with van der Waals surface area (Å²) in [4.78, 5) is 19.1. The zero-order valence-electron chi connectivity index (χ0n) is 14.5. The minimum absolute atomic E-state index is 0.0731. The van der Waals surface area contributed by atoms with E-state index in [9.17, 15) is 4.79 Å². The van der Waals surface area contributed by atoms with E-state index in [4.69, 9.17) is 0 Å².